The SMILES string of the molecule is O=C(O)C1CCN(c2ncnc(N3CCC(Cc4ccccc4)CC3)c2[N+](=O)[O-])CC1. The summed E-state index contributed by atoms with van der Waals surface area (Å²) in [5.74, 6) is 0.00369. The lowest BCUT2D eigenvalue weighted by Gasteiger charge is -2.34. The minimum absolute atomic E-state index is 0.0715. The largest absolute Gasteiger partial charge is 0.481 e. The molecule has 2 aromatic rings. The van der Waals surface area contributed by atoms with Gasteiger partial charge in [-0.3, -0.25) is 14.9 Å². The minimum atomic E-state index is -0.809. The minimum Gasteiger partial charge on any atom is -0.481 e. The van der Waals surface area contributed by atoms with Gasteiger partial charge in [-0.05, 0) is 43.6 Å². The smallest absolute Gasteiger partial charge is 0.353 e. The summed E-state index contributed by atoms with van der Waals surface area (Å²) in [6, 6.07) is 10.4. The van der Waals surface area contributed by atoms with Crippen LogP contribution < -0.4 is 9.80 Å². The average Bonchev–Trinajstić information content (AvgIpc) is 2.80. The normalized spacial score (nSPS) is 18.2. The molecule has 2 aliphatic heterocycles. The van der Waals surface area contributed by atoms with Crippen molar-refractivity contribution in [1.29, 1.82) is 0 Å². The summed E-state index contributed by atoms with van der Waals surface area (Å²) in [6.07, 6.45) is 5.22. The van der Waals surface area contributed by atoms with E-state index in [-0.39, 0.29) is 5.69 Å². The van der Waals surface area contributed by atoms with E-state index >= 15 is 0 Å². The number of carboxylic acids is 1. The molecule has 0 unspecified atom stereocenters. The number of nitro groups is 1. The van der Waals surface area contributed by atoms with E-state index in [1.54, 1.807) is 0 Å². The molecule has 0 bridgehead atoms. The molecule has 2 saturated heterocycles. The first-order valence-corrected chi connectivity index (χ1v) is 10.8. The molecule has 9 nitrogen and oxygen atoms in total. The molecule has 1 aromatic carbocycles. The zero-order valence-electron chi connectivity index (χ0n) is 17.4. The van der Waals surface area contributed by atoms with Crippen LogP contribution in [0.4, 0.5) is 17.3 Å². The van der Waals surface area contributed by atoms with Crippen LogP contribution in [0, 0.1) is 22.0 Å². The van der Waals surface area contributed by atoms with Gasteiger partial charge in [-0.25, -0.2) is 9.97 Å². The number of aliphatic carboxylic acids is 1. The second kappa shape index (κ2) is 9.28. The summed E-state index contributed by atoms with van der Waals surface area (Å²) in [5.41, 5.74) is 1.25. The highest BCUT2D eigenvalue weighted by molar-refractivity contribution is 5.73. The molecule has 164 valence electrons. The van der Waals surface area contributed by atoms with Crippen LogP contribution in [-0.2, 0) is 11.2 Å². The van der Waals surface area contributed by atoms with Crippen molar-refractivity contribution in [2.75, 3.05) is 36.0 Å². The van der Waals surface area contributed by atoms with Crippen molar-refractivity contribution in [3.05, 3.63) is 52.3 Å². The highest BCUT2D eigenvalue weighted by Crippen LogP contribution is 2.37. The predicted molar refractivity (Wildman–Crippen MR) is 116 cm³/mol. The van der Waals surface area contributed by atoms with E-state index in [1.165, 1.54) is 11.9 Å². The fraction of sp³-hybridized carbons (Fsp3) is 0.500. The average molecular weight is 425 g/mol. The lowest BCUT2D eigenvalue weighted by atomic mass is 9.90. The highest BCUT2D eigenvalue weighted by Gasteiger charge is 2.34. The maximum atomic E-state index is 12.0. The van der Waals surface area contributed by atoms with E-state index in [0.29, 0.717) is 43.5 Å². The van der Waals surface area contributed by atoms with Gasteiger partial charge in [0.15, 0.2) is 0 Å². The van der Waals surface area contributed by atoms with Crippen molar-refractivity contribution in [2.45, 2.75) is 32.1 Å². The van der Waals surface area contributed by atoms with Crippen LogP contribution in [0.5, 0.6) is 0 Å². The van der Waals surface area contributed by atoms with Gasteiger partial charge in [0.05, 0.1) is 10.8 Å². The molecule has 2 aliphatic rings. The van der Waals surface area contributed by atoms with Crippen LogP contribution in [0.3, 0.4) is 0 Å². The van der Waals surface area contributed by atoms with Crippen molar-refractivity contribution < 1.29 is 14.8 Å². The molecular weight excluding hydrogens is 398 g/mol. The van der Waals surface area contributed by atoms with Crippen molar-refractivity contribution in [3.8, 4) is 0 Å². The summed E-state index contributed by atoms with van der Waals surface area (Å²) < 4.78 is 0. The molecule has 1 N–H and O–H groups in total. The first-order valence-electron chi connectivity index (χ1n) is 10.8. The quantitative estimate of drug-likeness (QED) is 0.555. The van der Waals surface area contributed by atoms with E-state index in [9.17, 15) is 20.0 Å². The Bertz CT molecular complexity index is 923. The number of benzene rings is 1. The fourth-order valence-electron chi connectivity index (χ4n) is 4.62. The molecular formula is C22H27N5O4. The summed E-state index contributed by atoms with van der Waals surface area (Å²) >= 11 is 0. The number of aromatic nitrogens is 2. The van der Waals surface area contributed by atoms with Crippen LogP contribution in [0.1, 0.15) is 31.2 Å². The highest BCUT2D eigenvalue weighted by atomic mass is 16.6. The molecule has 0 spiro atoms. The topological polar surface area (TPSA) is 113 Å². The number of anilines is 2. The van der Waals surface area contributed by atoms with Crippen molar-refractivity contribution >= 4 is 23.3 Å². The number of hydrogen-bond acceptors (Lipinski definition) is 7. The van der Waals surface area contributed by atoms with Crippen LogP contribution in [0.25, 0.3) is 0 Å². The van der Waals surface area contributed by atoms with Gasteiger partial charge in [-0.1, -0.05) is 30.3 Å². The summed E-state index contributed by atoms with van der Waals surface area (Å²) in [7, 11) is 0. The zero-order chi connectivity index (χ0) is 21.8. The molecule has 0 atom stereocenters. The van der Waals surface area contributed by atoms with Gasteiger partial charge in [-0.15, -0.1) is 0 Å². The first kappa shape index (κ1) is 21.0. The molecule has 31 heavy (non-hydrogen) atoms. The predicted octanol–water partition coefficient (Wildman–Crippen LogP) is 3.14. The summed E-state index contributed by atoms with van der Waals surface area (Å²) in [6.45, 7) is 2.31. The molecule has 4 rings (SSSR count). The molecule has 0 amide bonds. The van der Waals surface area contributed by atoms with Crippen molar-refractivity contribution in [2.24, 2.45) is 11.8 Å². The monoisotopic (exact) mass is 425 g/mol. The van der Waals surface area contributed by atoms with E-state index in [0.717, 1.165) is 32.4 Å². The summed E-state index contributed by atoms with van der Waals surface area (Å²) in [4.78, 5) is 35.1. The second-order valence-corrected chi connectivity index (χ2v) is 8.35. The molecule has 0 radical (unpaired) electrons. The van der Waals surface area contributed by atoms with Crippen molar-refractivity contribution in [3.63, 3.8) is 0 Å². The number of nitrogens with zero attached hydrogens (tertiary/aromatic N) is 5. The Kier molecular flexibility index (Phi) is 6.29. The lowest BCUT2D eigenvalue weighted by molar-refractivity contribution is -0.383. The second-order valence-electron chi connectivity index (χ2n) is 8.35. The molecule has 9 heteroatoms. The van der Waals surface area contributed by atoms with Crippen LogP contribution in [0.2, 0.25) is 0 Å². The molecule has 0 saturated carbocycles. The molecule has 2 fully saturated rings. The number of piperidine rings is 2. The molecule has 1 aromatic heterocycles. The number of carboxylic acid groups (broad SMARTS) is 1. The van der Waals surface area contributed by atoms with Gasteiger partial charge in [0, 0.05) is 26.2 Å². The van der Waals surface area contributed by atoms with Crippen LogP contribution in [0.15, 0.2) is 36.7 Å². The third-order valence-corrected chi connectivity index (χ3v) is 6.39. The Labute approximate surface area is 180 Å². The Hall–Kier alpha value is -3.23. The van der Waals surface area contributed by atoms with Gasteiger partial charge in [0.25, 0.3) is 0 Å². The Morgan fingerprint density at radius 3 is 2.06 bits per heavy atom. The zero-order valence-corrected chi connectivity index (χ0v) is 17.4. The lowest BCUT2D eigenvalue weighted by Crippen LogP contribution is -2.38. The third kappa shape index (κ3) is 4.76. The standard InChI is InChI=1S/C22H27N5O4/c28-22(29)18-8-12-26(13-9-18)21-19(27(30)31)20(23-15-24-21)25-10-6-17(7-11-25)14-16-4-2-1-3-5-16/h1-5,15,17-18H,6-14H2,(H,28,29). The van der Waals surface area contributed by atoms with Gasteiger partial charge in [0.1, 0.15) is 6.33 Å². The third-order valence-electron chi connectivity index (χ3n) is 6.39. The van der Waals surface area contributed by atoms with E-state index in [2.05, 4.69) is 34.2 Å². The number of rotatable bonds is 6. The van der Waals surface area contributed by atoms with E-state index in [1.807, 2.05) is 15.9 Å². The van der Waals surface area contributed by atoms with Crippen LogP contribution in [-0.4, -0.2) is 52.1 Å². The summed E-state index contributed by atoms with van der Waals surface area (Å²) in [5, 5.41) is 21.2. The Balaban J connectivity index is 1.47. The van der Waals surface area contributed by atoms with Crippen molar-refractivity contribution in [1.82, 2.24) is 9.97 Å². The Morgan fingerprint density at radius 2 is 1.55 bits per heavy atom. The maximum absolute atomic E-state index is 12.0. The van der Waals surface area contributed by atoms with Gasteiger partial charge in [0.2, 0.25) is 11.6 Å². The first-order chi connectivity index (χ1) is 15.0. The van der Waals surface area contributed by atoms with Gasteiger partial charge < -0.3 is 14.9 Å². The van der Waals surface area contributed by atoms with Gasteiger partial charge in [-0.2, -0.15) is 0 Å². The van der Waals surface area contributed by atoms with Gasteiger partial charge >= 0.3 is 11.7 Å². The van der Waals surface area contributed by atoms with Crippen LogP contribution >= 0.6 is 0 Å². The number of hydrogen-bond donors (Lipinski definition) is 1. The molecule has 0 aliphatic carbocycles. The maximum Gasteiger partial charge on any atom is 0.353 e. The fourth-order valence-corrected chi connectivity index (χ4v) is 4.62. The Morgan fingerprint density at radius 1 is 1.00 bits per heavy atom. The number of carbonyl (C=O) groups is 1. The van der Waals surface area contributed by atoms with E-state index in [4.69, 9.17) is 0 Å². The van der Waals surface area contributed by atoms with E-state index < -0.39 is 16.8 Å². The molecule has 3 heterocycles.